The summed E-state index contributed by atoms with van der Waals surface area (Å²) in [5, 5.41) is 3.43. The first-order valence-corrected chi connectivity index (χ1v) is 6.28. The Kier molecular flexibility index (Phi) is 3.82. The minimum Gasteiger partial charge on any atom is -0.445 e. The second kappa shape index (κ2) is 5.36. The Hall–Kier alpha value is -1.61. The van der Waals surface area contributed by atoms with E-state index in [1.165, 1.54) is 16.7 Å². The van der Waals surface area contributed by atoms with E-state index >= 15 is 0 Å². The van der Waals surface area contributed by atoms with Gasteiger partial charge in [-0.05, 0) is 38.8 Å². The molecule has 2 aromatic rings. The van der Waals surface area contributed by atoms with Gasteiger partial charge in [-0.25, -0.2) is 4.98 Å². The second-order valence-corrected chi connectivity index (χ2v) is 4.83. The number of aryl methyl sites for hydroxylation is 3. The summed E-state index contributed by atoms with van der Waals surface area (Å²) in [6.45, 7) is 8.99. The summed E-state index contributed by atoms with van der Waals surface area (Å²) in [5.74, 6) is 1.59. The van der Waals surface area contributed by atoms with Crippen LogP contribution in [-0.4, -0.2) is 4.98 Å². The second-order valence-electron chi connectivity index (χ2n) is 4.83. The van der Waals surface area contributed by atoms with Gasteiger partial charge >= 0.3 is 0 Å². The third-order valence-electron chi connectivity index (χ3n) is 3.12. The molecule has 1 N–H and O–H groups in total. The van der Waals surface area contributed by atoms with Crippen molar-refractivity contribution in [2.45, 2.75) is 40.3 Å². The first-order valence-electron chi connectivity index (χ1n) is 6.28. The molecule has 0 saturated heterocycles. The highest BCUT2D eigenvalue weighted by atomic mass is 16.4. The van der Waals surface area contributed by atoms with Gasteiger partial charge in [-0.15, -0.1) is 0 Å². The molecular weight excluding hydrogens is 224 g/mol. The molecular formula is C15H20N2O. The first kappa shape index (κ1) is 12.8. The molecule has 18 heavy (non-hydrogen) atoms. The van der Waals surface area contributed by atoms with Crippen molar-refractivity contribution in [2.75, 3.05) is 0 Å². The summed E-state index contributed by atoms with van der Waals surface area (Å²) in [6.07, 6.45) is 1.75. The molecule has 96 valence electrons. The molecule has 0 radical (unpaired) electrons. The van der Waals surface area contributed by atoms with Gasteiger partial charge in [-0.1, -0.05) is 23.8 Å². The normalized spacial score (nSPS) is 12.7. The van der Waals surface area contributed by atoms with Crippen LogP contribution in [0.3, 0.4) is 0 Å². The first-order chi connectivity index (χ1) is 8.56. The van der Waals surface area contributed by atoms with Crippen molar-refractivity contribution in [3.05, 3.63) is 52.7 Å². The predicted octanol–water partition coefficient (Wildman–Crippen LogP) is 3.45. The fraction of sp³-hybridized carbons (Fsp3) is 0.400. The number of hydrogen-bond donors (Lipinski definition) is 1. The maximum absolute atomic E-state index is 5.45. The molecule has 2 rings (SSSR count). The lowest BCUT2D eigenvalue weighted by Crippen LogP contribution is -2.19. The van der Waals surface area contributed by atoms with E-state index in [4.69, 9.17) is 4.42 Å². The Bertz CT molecular complexity index is 531. The third-order valence-corrected chi connectivity index (χ3v) is 3.12. The fourth-order valence-corrected chi connectivity index (χ4v) is 2.14. The smallest absolute Gasteiger partial charge is 0.208 e. The van der Waals surface area contributed by atoms with Gasteiger partial charge < -0.3 is 9.73 Å². The van der Waals surface area contributed by atoms with E-state index in [1.807, 2.05) is 6.92 Å². The van der Waals surface area contributed by atoms with Gasteiger partial charge in [0.1, 0.15) is 5.76 Å². The molecule has 0 aliphatic heterocycles. The van der Waals surface area contributed by atoms with Crippen LogP contribution in [0.1, 0.15) is 41.3 Å². The van der Waals surface area contributed by atoms with E-state index < -0.39 is 0 Å². The molecule has 1 aromatic heterocycles. The molecule has 0 bridgehead atoms. The number of hydrogen-bond acceptors (Lipinski definition) is 3. The minimum absolute atomic E-state index is 0.290. The van der Waals surface area contributed by atoms with Crippen LogP contribution in [0.4, 0.5) is 0 Å². The van der Waals surface area contributed by atoms with E-state index in [-0.39, 0.29) is 6.04 Å². The van der Waals surface area contributed by atoms with Crippen LogP contribution in [-0.2, 0) is 6.54 Å². The number of oxazole rings is 1. The average molecular weight is 244 g/mol. The zero-order chi connectivity index (χ0) is 13.1. The van der Waals surface area contributed by atoms with Crippen molar-refractivity contribution in [3.8, 4) is 0 Å². The molecule has 1 heterocycles. The SMILES string of the molecule is Cc1ccc(C(C)NCc2ncc(C)o2)c(C)c1. The lowest BCUT2D eigenvalue weighted by Gasteiger charge is -2.16. The van der Waals surface area contributed by atoms with Crippen LogP contribution in [0.5, 0.6) is 0 Å². The van der Waals surface area contributed by atoms with Gasteiger partial charge in [-0.2, -0.15) is 0 Å². The third kappa shape index (κ3) is 2.99. The Morgan fingerprint density at radius 1 is 1.28 bits per heavy atom. The minimum atomic E-state index is 0.290. The lowest BCUT2D eigenvalue weighted by molar-refractivity contribution is 0.432. The maximum Gasteiger partial charge on any atom is 0.208 e. The van der Waals surface area contributed by atoms with E-state index in [2.05, 4.69) is 49.3 Å². The van der Waals surface area contributed by atoms with Gasteiger partial charge in [0.2, 0.25) is 5.89 Å². The zero-order valence-electron chi connectivity index (χ0n) is 11.4. The van der Waals surface area contributed by atoms with Crippen LogP contribution in [0, 0.1) is 20.8 Å². The summed E-state index contributed by atoms with van der Waals surface area (Å²) in [6, 6.07) is 6.83. The average Bonchev–Trinajstić information content (AvgIpc) is 2.72. The van der Waals surface area contributed by atoms with Crippen molar-refractivity contribution in [3.63, 3.8) is 0 Å². The van der Waals surface area contributed by atoms with Crippen molar-refractivity contribution in [2.24, 2.45) is 0 Å². The van der Waals surface area contributed by atoms with E-state index in [0.717, 1.165) is 11.7 Å². The van der Waals surface area contributed by atoms with Crippen LogP contribution in [0.2, 0.25) is 0 Å². The Labute approximate surface area is 108 Å². The summed E-state index contributed by atoms with van der Waals surface area (Å²) in [4.78, 5) is 4.19. The quantitative estimate of drug-likeness (QED) is 0.895. The van der Waals surface area contributed by atoms with Crippen LogP contribution in [0.25, 0.3) is 0 Å². The van der Waals surface area contributed by atoms with E-state index in [0.29, 0.717) is 6.54 Å². The summed E-state index contributed by atoms with van der Waals surface area (Å²) < 4.78 is 5.45. The monoisotopic (exact) mass is 244 g/mol. The zero-order valence-corrected chi connectivity index (χ0v) is 11.4. The Morgan fingerprint density at radius 2 is 2.06 bits per heavy atom. The lowest BCUT2D eigenvalue weighted by atomic mass is 10.0. The molecule has 0 fully saturated rings. The Balaban J connectivity index is 2.01. The van der Waals surface area contributed by atoms with E-state index in [9.17, 15) is 0 Å². The molecule has 1 atom stereocenters. The molecule has 0 saturated carbocycles. The van der Waals surface area contributed by atoms with Crippen molar-refractivity contribution < 1.29 is 4.42 Å². The molecule has 0 amide bonds. The molecule has 1 unspecified atom stereocenters. The number of rotatable bonds is 4. The van der Waals surface area contributed by atoms with Gasteiger partial charge in [0, 0.05) is 6.04 Å². The topological polar surface area (TPSA) is 38.1 Å². The van der Waals surface area contributed by atoms with Crippen molar-refractivity contribution >= 4 is 0 Å². The predicted molar refractivity (Wildman–Crippen MR) is 72.4 cm³/mol. The Morgan fingerprint density at radius 3 is 2.67 bits per heavy atom. The van der Waals surface area contributed by atoms with Crippen LogP contribution < -0.4 is 5.32 Å². The standard InChI is InChI=1S/C15H20N2O/c1-10-5-6-14(11(2)7-10)13(4)16-9-15-17-8-12(3)18-15/h5-8,13,16H,9H2,1-4H3. The summed E-state index contributed by atoms with van der Waals surface area (Å²) in [5.41, 5.74) is 3.94. The number of nitrogens with zero attached hydrogens (tertiary/aromatic N) is 1. The van der Waals surface area contributed by atoms with E-state index in [1.54, 1.807) is 6.20 Å². The number of benzene rings is 1. The highest BCUT2D eigenvalue weighted by Gasteiger charge is 2.09. The van der Waals surface area contributed by atoms with Crippen LogP contribution >= 0.6 is 0 Å². The molecule has 0 aliphatic carbocycles. The van der Waals surface area contributed by atoms with Gasteiger partial charge in [-0.3, -0.25) is 0 Å². The molecule has 3 heteroatoms. The number of nitrogens with one attached hydrogen (secondary N) is 1. The van der Waals surface area contributed by atoms with Gasteiger partial charge in [0.15, 0.2) is 0 Å². The van der Waals surface area contributed by atoms with Crippen molar-refractivity contribution in [1.82, 2.24) is 10.3 Å². The van der Waals surface area contributed by atoms with Gasteiger partial charge in [0.05, 0.1) is 12.7 Å². The van der Waals surface area contributed by atoms with Crippen molar-refractivity contribution in [1.29, 1.82) is 0 Å². The molecule has 0 aliphatic rings. The summed E-state index contributed by atoms with van der Waals surface area (Å²) in [7, 11) is 0. The van der Waals surface area contributed by atoms with Gasteiger partial charge in [0.25, 0.3) is 0 Å². The van der Waals surface area contributed by atoms with Crippen LogP contribution in [0.15, 0.2) is 28.8 Å². The maximum atomic E-state index is 5.45. The summed E-state index contributed by atoms with van der Waals surface area (Å²) >= 11 is 0. The fourth-order valence-electron chi connectivity index (χ4n) is 2.14. The molecule has 1 aromatic carbocycles. The molecule has 3 nitrogen and oxygen atoms in total. The highest BCUT2D eigenvalue weighted by Crippen LogP contribution is 2.19. The number of aromatic nitrogens is 1. The molecule has 0 spiro atoms. The largest absolute Gasteiger partial charge is 0.445 e. The highest BCUT2D eigenvalue weighted by molar-refractivity contribution is 5.32.